The van der Waals surface area contributed by atoms with Crippen LogP contribution in [0.1, 0.15) is 26.7 Å². The van der Waals surface area contributed by atoms with Crippen molar-refractivity contribution in [2.75, 3.05) is 13.2 Å². The topological polar surface area (TPSA) is 94.9 Å². The van der Waals surface area contributed by atoms with Crippen molar-refractivity contribution < 1.29 is 9.47 Å². The second-order valence-corrected chi connectivity index (χ2v) is 7.93. The van der Waals surface area contributed by atoms with E-state index in [0.29, 0.717) is 52.5 Å². The van der Waals surface area contributed by atoms with Crippen LogP contribution >= 0.6 is 0 Å². The maximum atomic E-state index is 13.1. The van der Waals surface area contributed by atoms with Gasteiger partial charge in [0.25, 0.3) is 5.56 Å². The zero-order valence-corrected chi connectivity index (χ0v) is 19.1. The van der Waals surface area contributed by atoms with E-state index >= 15 is 0 Å². The summed E-state index contributed by atoms with van der Waals surface area (Å²) in [6.45, 7) is 5.29. The largest absolute Gasteiger partial charge is 0.493 e. The molecule has 2 heterocycles. The predicted molar refractivity (Wildman–Crippen MR) is 132 cm³/mol. The van der Waals surface area contributed by atoms with Crippen LogP contribution < -0.4 is 15.0 Å². The minimum atomic E-state index is -0.240. The molecule has 34 heavy (non-hydrogen) atoms. The molecule has 0 saturated heterocycles. The zero-order valence-electron chi connectivity index (χ0n) is 19.1. The Labute approximate surface area is 196 Å². The molecule has 0 aliphatic rings. The van der Waals surface area contributed by atoms with Crippen molar-refractivity contribution in [2.45, 2.75) is 26.7 Å². The Bertz CT molecular complexity index is 1520. The summed E-state index contributed by atoms with van der Waals surface area (Å²) >= 11 is 0. The lowest BCUT2D eigenvalue weighted by atomic mass is 10.1. The van der Waals surface area contributed by atoms with Gasteiger partial charge in [0.15, 0.2) is 0 Å². The van der Waals surface area contributed by atoms with Crippen molar-refractivity contribution in [1.29, 1.82) is 0 Å². The van der Waals surface area contributed by atoms with Gasteiger partial charge < -0.3 is 14.5 Å². The van der Waals surface area contributed by atoms with Crippen LogP contribution in [0.3, 0.4) is 0 Å². The van der Waals surface area contributed by atoms with Gasteiger partial charge in [-0.2, -0.15) is 0 Å². The molecule has 2 aromatic heterocycles. The number of ether oxygens (including phenoxy) is 2. The molecule has 0 saturated carbocycles. The van der Waals surface area contributed by atoms with Crippen molar-refractivity contribution in [3.63, 3.8) is 0 Å². The van der Waals surface area contributed by atoms with Crippen LogP contribution in [0.15, 0.2) is 65.5 Å². The first kappa shape index (κ1) is 21.6. The fourth-order valence-corrected chi connectivity index (χ4v) is 3.83. The Kier molecular flexibility index (Phi) is 5.95. The SMILES string of the molecule is CCCOc1ccccc1-c1nc2cc3nnn(-c4ccccc4OCCC)c3cc2c(=O)[nH]1. The number of rotatable bonds is 8. The van der Waals surface area contributed by atoms with Crippen LogP contribution in [-0.2, 0) is 0 Å². The van der Waals surface area contributed by atoms with E-state index in [1.54, 1.807) is 16.8 Å². The Hall–Kier alpha value is -4.20. The van der Waals surface area contributed by atoms with Gasteiger partial charge in [-0.3, -0.25) is 4.79 Å². The van der Waals surface area contributed by atoms with E-state index in [4.69, 9.17) is 14.5 Å². The van der Waals surface area contributed by atoms with Crippen LogP contribution in [0.4, 0.5) is 0 Å². The normalized spacial score (nSPS) is 11.2. The fourth-order valence-electron chi connectivity index (χ4n) is 3.83. The third-order valence-electron chi connectivity index (χ3n) is 5.43. The number of H-pyrrole nitrogens is 1. The summed E-state index contributed by atoms with van der Waals surface area (Å²) in [5.41, 5.74) is 3.14. The number of hydrogen-bond donors (Lipinski definition) is 1. The summed E-state index contributed by atoms with van der Waals surface area (Å²) in [4.78, 5) is 20.8. The highest BCUT2D eigenvalue weighted by molar-refractivity contribution is 5.93. The Morgan fingerprint density at radius 1 is 0.882 bits per heavy atom. The van der Waals surface area contributed by atoms with Crippen LogP contribution in [-0.4, -0.2) is 38.2 Å². The maximum Gasteiger partial charge on any atom is 0.259 e. The van der Waals surface area contributed by atoms with Gasteiger partial charge in [-0.15, -0.1) is 5.10 Å². The van der Waals surface area contributed by atoms with E-state index in [-0.39, 0.29) is 5.56 Å². The van der Waals surface area contributed by atoms with Gasteiger partial charge in [-0.25, -0.2) is 9.67 Å². The van der Waals surface area contributed by atoms with Gasteiger partial charge in [-0.1, -0.05) is 43.3 Å². The van der Waals surface area contributed by atoms with Gasteiger partial charge in [0, 0.05) is 0 Å². The van der Waals surface area contributed by atoms with Crippen molar-refractivity contribution in [2.24, 2.45) is 0 Å². The van der Waals surface area contributed by atoms with Crippen molar-refractivity contribution in [3.8, 4) is 28.6 Å². The van der Waals surface area contributed by atoms with E-state index < -0.39 is 0 Å². The number of aromatic nitrogens is 5. The summed E-state index contributed by atoms with van der Waals surface area (Å²) < 4.78 is 13.4. The molecule has 172 valence electrons. The molecule has 0 aliphatic carbocycles. The van der Waals surface area contributed by atoms with E-state index in [1.807, 2.05) is 55.5 Å². The number of fused-ring (bicyclic) bond motifs is 2. The van der Waals surface area contributed by atoms with Crippen molar-refractivity contribution in [1.82, 2.24) is 25.0 Å². The molecule has 8 nitrogen and oxygen atoms in total. The monoisotopic (exact) mass is 455 g/mol. The maximum absolute atomic E-state index is 13.1. The molecule has 0 aliphatic heterocycles. The molecule has 0 atom stereocenters. The highest BCUT2D eigenvalue weighted by Gasteiger charge is 2.16. The number of hydrogen-bond acceptors (Lipinski definition) is 6. The van der Waals surface area contributed by atoms with Crippen LogP contribution in [0, 0.1) is 0 Å². The van der Waals surface area contributed by atoms with Gasteiger partial charge in [0.05, 0.1) is 35.2 Å². The minimum Gasteiger partial charge on any atom is -0.493 e. The molecule has 0 bridgehead atoms. The molecule has 0 fully saturated rings. The predicted octanol–water partition coefficient (Wildman–Crippen LogP) is 4.90. The van der Waals surface area contributed by atoms with Crippen LogP contribution in [0.25, 0.3) is 39.0 Å². The average Bonchev–Trinajstić information content (AvgIpc) is 3.28. The molecule has 1 N–H and O–H groups in total. The molecule has 0 unspecified atom stereocenters. The second-order valence-electron chi connectivity index (χ2n) is 7.93. The van der Waals surface area contributed by atoms with E-state index in [9.17, 15) is 4.79 Å². The molecule has 5 aromatic rings. The summed E-state index contributed by atoms with van der Waals surface area (Å²) in [6, 6.07) is 18.8. The number of para-hydroxylation sites is 3. The molecule has 3 aromatic carbocycles. The number of nitrogens with zero attached hydrogens (tertiary/aromatic N) is 4. The first-order valence-electron chi connectivity index (χ1n) is 11.4. The number of nitrogens with one attached hydrogen (secondary N) is 1. The van der Waals surface area contributed by atoms with E-state index in [0.717, 1.165) is 24.1 Å². The standard InChI is InChI=1S/C26H25N5O3/c1-3-13-33-23-11-7-5-9-17(23)25-27-19-16-20-22(15-18(19)26(32)28-25)31(30-29-20)21-10-6-8-12-24(21)34-14-4-2/h5-12,15-16H,3-4,13-14H2,1-2H3,(H,27,28,32). The smallest absolute Gasteiger partial charge is 0.259 e. The average molecular weight is 456 g/mol. The summed E-state index contributed by atoms with van der Waals surface area (Å²) in [5, 5.41) is 9.14. The fraction of sp³-hybridized carbons (Fsp3) is 0.231. The van der Waals surface area contributed by atoms with Crippen LogP contribution in [0.2, 0.25) is 0 Å². The van der Waals surface area contributed by atoms with Gasteiger partial charge in [0.1, 0.15) is 28.5 Å². The second kappa shape index (κ2) is 9.35. The van der Waals surface area contributed by atoms with E-state index in [1.165, 1.54) is 0 Å². The Morgan fingerprint density at radius 3 is 2.38 bits per heavy atom. The first-order chi connectivity index (χ1) is 16.7. The summed E-state index contributed by atoms with van der Waals surface area (Å²) in [7, 11) is 0. The Balaban J connectivity index is 1.63. The first-order valence-corrected chi connectivity index (χ1v) is 11.4. The van der Waals surface area contributed by atoms with Gasteiger partial charge in [-0.05, 0) is 49.2 Å². The van der Waals surface area contributed by atoms with Crippen LogP contribution in [0.5, 0.6) is 11.5 Å². The molecular weight excluding hydrogens is 430 g/mol. The number of benzene rings is 3. The third kappa shape index (κ3) is 3.98. The molecule has 0 radical (unpaired) electrons. The molecule has 0 spiro atoms. The highest BCUT2D eigenvalue weighted by Crippen LogP contribution is 2.30. The number of aromatic amines is 1. The summed E-state index contributed by atoms with van der Waals surface area (Å²) in [6.07, 6.45) is 1.78. The molecular formula is C26H25N5O3. The highest BCUT2D eigenvalue weighted by atomic mass is 16.5. The Morgan fingerprint density at radius 2 is 1.59 bits per heavy atom. The van der Waals surface area contributed by atoms with Gasteiger partial charge in [0.2, 0.25) is 0 Å². The third-order valence-corrected chi connectivity index (χ3v) is 5.43. The molecule has 5 rings (SSSR count). The van der Waals surface area contributed by atoms with Gasteiger partial charge >= 0.3 is 0 Å². The lowest BCUT2D eigenvalue weighted by molar-refractivity contribution is 0.316. The molecule has 0 amide bonds. The van der Waals surface area contributed by atoms with Crippen molar-refractivity contribution >= 4 is 21.9 Å². The lowest BCUT2D eigenvalue weighted by Gasteiger charge is -2.11. The lowest BCUT2D eigenvalue weighted by Crippen LogP contribution is -2.10. The zero-order chi connectivity index (χ0) is 23.5. The quantitative estimate of drug-likeness (QED) is 0.358. The minimum absolute atomic E-state index is 0.240. The summed E-state index contributed by atoms with van der Waals surface area (Å²) in [5.74, 6) is 1.85. The van der Waals surface area contributed by atoms with E-state index in [2.05, 4.69) is 22.2 Å². The van der Waals surface area contributed by atoms with Crippen molar-refractivity contribution in [3.05, 3.63) is 71.0 Å². The molecule has 8 heteroatoms.